The largest absolute Gasteiger partial charge is 0.347 e. The summed E-state index contributed by atoms with van der Waals surface area (Å²) in [6.07, 6.45) is 2.51. The molecule has 0 radical (unpaired) electrons. The average molecular weight is 372 g/mol. The van der Waals surface area contributed by atoms with E-state index < -0.39 is 0 Å². The Bertz CT molecular complexity index is 776. The van der Waals surface area contributed by atoms with Crippen molar-refractivity contribution in [2.45, 2.75) is 45.1 Å². The first-order valence-electron chi connectivity index (χ1n) is 9.37. The highest BCUT2D eigenvalue weighted by Gasteiger charge is 2.21. The van der Waals surface area contributed by atoms with E-state index in [0.717, 1.165) is 36.0 Å². The van der Waals surface area contributed by atoms with Gasteiger partial charge in [0.2, 0.25) is 0 Å². The lowest BCUT2D eigenvalue weighted by Gasteiger charge is -2.28. The van der Waals surface area contributed by atoms with E-state index in [2.05, 4.69) is 42.5 Å². The van der Waals surface area contributed by atoms with Gasteiger partial charge >= 0.3 is 0 Å². The number of amides is 1. The van der Waals surface area contributed by atoms with E-state index in [1.165, 1.54) is 23.3 Å². The van der Waals surface area contributed by atoms with Crippen LogP contribution in [-0.2, 0) is 13.6 Å². The molecule has 26 heavy (non-hydrogen) atoms. The van der Waals surface area contributed by atoms with Crippen molar-refractivity contribution in [2.24, 2.45) is 13.0 Å². The van der Waals surface area contributed by atoms with Crippen LogP contribution in [-0.4, -0.2) is 27.9 Å². The van der Waals surface area contributed by atoms with E-state index >= 15 is 0 Å². The average Bonchev–Trinajstić information content (AvgIpc) is 2.91. The van der Waals surface area contributed by atoms with Gasteiger partial charge in [0, 0.05) is 37.3 Å². The molecule has 1 fully saturated rings. The zero-order valence-corrected chi connectivity index (χ0v) is 17.0. The van der Waals surface area contributed by atoms with Crippen LogP contribution >= 0.6 is 11.9 Å². The third-order valence-electron chi connectivity index (χ3n) is 5.39. The second kappa shape index (κ2) is 8.31. The smallest absolute Gasteiger partial charge is 0.268 e. The number of aromatic nitrogens is 1. The van der Waals surface area contributed by atoms with E-state index in [1.807, 2.05) is 29.8 Å². The van der Waals surface area contributed by atoms with Gasteiger partial charge in [0.05, 0.1) is 0 Å². The fraction of sp³-hybridized carbons (Fsp3) is 0.476. The molecule has 1 amide bonds. The van der Waals surface area contributed by atoms with Gasteiger partial charge in [0.25, 0.3) is 5.91 Å². The third kappa shape index (κ3) is 4.33. The Morgan fingerprint density at radius 2 is 1.92 bits per heavy atom. The number of nitrogens with one attached hydrogen (secondary N) is 1. The van der Waals surface area contributed by atoms with Gasteiger partial charge in [-0.3, -0.25) is 4.79 Å². The zero-order valence-electron chi connectivity index (χ0n) is 16.2. The van der Waals surface area contributed by atoms with Crippen molar-refractivity contribution in [3.63, 3.8) is 0 Å². The molecule has 140 valence electrons. The summed E-state index contributed by atoms with van der Waals surface area (Å²) in [5.74, 6) is 0.810. The Labute approximate surface area is 161 Å². The first-order chi connectivity index (χ1) is 12.5. The molecule has 2 aromatic rings. The minimum atomic E-state index is -0.0158. The van der Waals surface area contributed by atoms with Crippen LogP contribution in [0, 0.1) is 19.8 Å². The van der Waals surface area contributed by atoms with E-state index in [1.54, 1.807) is 11.9 Å². The van der Waals surface area contributed by atoms with Crippen LogP contribution in [0.15, 0.2) is 35.2 Å². The van der Waals surface area contributed by atoms with Crippen LogP contribution in [0.25, 0.3) is 0 Å². The number of rotatable bonds is 5. The molecular weight excluding hydrogens is 342 g/mol. The number of piperidine rings is 1. The molecule has 5 heteroatoms. The number of carbonyl (C=O) groups is 1. The SMILES string of the molecule is Cc1ccccc1CNC(=O)c1cc(SN2CCC(C)CC2)c(C)n1C. The fourth-order valence-electron chi connectivity index (χ4n) is 3.27. The maximum absolute atomic E-state index is 12.7. The first kappa shape index (κ1) is 19.1. The molecule has 1 N–H and O–H groups in total. The van der Waals surface area contributed by atoms with Gasteiger partial charge in [0.1, 0.15) is 5.69 Å². The van der Waals surface area contributed by atoms with Crippen molar-refractivity contribution in [3.8, 4) is 0 Å². The summed E-state index contributed by atoms with van der Waals surface area (Å²) in [5.41, 5.74) is 4.23. The van der Waals surface area contributed by atoms with Crippen LogP contribution in [0.4, 0.5) is 0 Å². The molecule has 0 aliphatic carbocycles. The van der Waals surface area contributed by atoms with Crippen LogP contribution in [0.2, 0.25) is 0 Å². The molecule has 1 aromatic carbocycles. The summed E-state index contributed by atoms with van der Waals surface area (Å²) >= 11 is 1.80. The van der Waals surface area contributed by atoms with Gasteiger partial charge in [-0.1, -0.05) is 31.2 Å². The van der Waals surface area contributed by atoms with Gasteiger partial charge in [-0.05, 0) is 61.7 Å². The quantitative estimate of drug-likeness (QED) is 0.796. The van der Waals surface area contributed by atoms with Crippen molar-refractivity contribution >= 4 is 17.9 Å². The molecule has 1 aromatic heterocycles. The normalized spacial score (nSPS) is 16.0. The molecule has 1 aliphatic rings. The molecule has 3 rings (SSSR count). The highest BCUT2D eigenvalue weighted by Crippen LogP contribution is 2.32. The highest BCUT2D eigenvalue weighted by atomic mass is 32.2. The van der Waals surface area contributed by atoms with Gasteiger partial charge in [-0.2, -0.15) is 0 Å². The number of hydrogen-bond donors (Lipinski definition) is 1. The van der Waals surface area contributed by atoms with Crippen LogP contribution in [0.5, 0.6) is 0 Å². The number of aryl methyl sites for hydroxylation is 1. The predicted octanol–water partition coefficient (Wildman–Crippen LogP) is 4.31. The van der Waals surface area contributed by atoms with Gasteiger partial charge < -0.3 is 9.88 Å². The van der Waals surface area contributed by atoms with Crippen molar-refractivity contribution in [3.05, 3.63) is 52.8 Å². The van der Waals surface area contributed by atoms with E-state index in [9.17, 15) is 4.79 Å². The predicted molar refractivity (Wildman–Crippen MR) is 108 cm³/mol. The van der Waals surface area contributed by atoms with Gasteiger partial charge in [0.15, 0.2) is 0 Å². The summed E-state index contributed by atoms with van der Waals surface area (Å²) in [6, 6.07) is 10.2. The lowest BCUT2D eigenvalue weighted by molar-refractivity contribution is 0.0942. The van der Waals surface area contributed by atoms with E-state index in [-0.39, 0.29) is 5.91 Å². The van der Waals surface area contributed by atoms with Gasteiger partial charge in [-0.15, -0.1) is 0 Å². The molecule has 0 bridgehead atoms. The number of benzene rings is 1. The van der Waals surface area contributed by atoms with E-state index in [4.69, 9.17) is 0 Å². The van der Waals surface area contributed by atoms with Gasteiger partial charge in [-0.25, -0.2) is 4.31 Å². The summed E-state index contributed by atoms with van der Waals surface area (Å²) in [5, 5.41) is 3.06. The molecule has 0 unspecified atom stereocenters. The lowest BCUT2D eigenvalue weighted by Crippen LogP contribution is -2.27. The monoisotopic (exact) mass is 371 g/mol. The zero-order chi connectivity index (χ0) is 18.7. The molecule has 0 spiro atoms. The summed E-state index contributed by atoms with van der Waals surface area (Å²) in [4.78, 5) is 13.9. The third-order valence-corrected chi connectivity index (χ3v) is 6.63. The van der Waals surface area contributed by atoms with Crippen LogP contribution in [0.1, 0.15) is 47.1 Å². The maximum Gasteiger partial charge on any atom is 0.268 e. The molecule has 1 saturated heterocycles. The number of hydrogen-bond acceptors (Lipinski definition) is 3. The first-order valence-corrected chi connectivity index (χ1v) is 10.1. The molecule has 0 saturated carbocycles. The second-order valence-electron chi connectivity index (χ2n) is 7.35. The summed E-state index contributed by atoms with van der Waals surface area (Å²) in [6.45, 7) is 9.29. The van der Waals surface area contributed by atoms with Crippen molar-refractivity contribution in [2.75, 3.05) is 13.1 Å². The Hall–Kier alpha value is -1.72. The Kier molecular flexibility index (Phi) is 6.09. The maximum atomic E-state index is 12.7. The molecule has 1 aliphatic heterocycles. The second-order valence-corrected chi connectivity index (χ2v) is 8.49. The standard InChI is InChI=1S/C21H29N3OS/c1-15-9-11-24(12-10-15)26-20-13-19(23(4)17(20)3)21(25)22-14-18-8-6-5-7-16(18)2/h5-8,13,15H,9-12,14H2,1-4H3,(H,22,25). The highest BCUT2D eigenvalue weighted by molar-refractivity contribution is 7.97. The molecule has 0 atom stereocenters. The number of nitrogens with zero attached hydrogens (tertiary/aromatic N) is 2. The van der Waals surface area contributed by atoms with Crippen molar-refractivity contribution in [1.29, 1.82) is 0 Å². The molecule has 4 nitrogen and oxygen atoms in total. The fourth-order valence-corrected chi connectivity index (χ4v) is 4.38. The Balaban J connectivity index is 1.66. The Morgan fingerprint density at radius 1 is 1.23 bits per heavy atom. The van der Waals surface area contributed by atoms with Crippen molar-refractivity contribution < 1.29 is 4.79 Å². The van der Waals surface area contributed by atoms with Crippen LogP contribution in [0.3, 0.4) is 0 Å². The summed E-state index contributed by atoms with van der Waals surface area (Å²) < 4.78 is 4.43. The Morgan fingerprint density at radius 3 is 2.62 bits per heavy atom. The summed E-state index contributed by atoms with van der Waals surface area (Å²) in [7, 11) is 1.97. The number of carbonyl (C=O) groups excluding carboxylic acids is 1. The lowest BCUT2D eigenvalue weighted by atomic mass is 10.0. The minimum Gasteiger partial charge on any atom is -0.347 e. The van der Waals surface area contributed by atoms with Crippen molar-refractivity contribution in [1.82, 2.24) is 14.2 Å². The molecular formula is C21H29N3OS. The van der Waals surface area contributed by atoms with E-state index in [0.29, 0.717) is 6.54 Å². The molecule has 2 heterocycles. The minimum absolute atomic E-state index is 0.0158. The van der Waals surface area contributed by atoms with Crippen LogP contribution < -0.4 is 5.32 Å². The topological polar surface area (TPSA) is 37.3 Å².